The summed E-state index contributed by atoms with van der Waals surface area (Å²) in [6.45, 7) is 5.49. The number of hydrogen-bond donors (Lipinski definition) is 2. The second-order valence-corrected chi connectivity index (χ2v) is 7.63. The summed E-state index contributed by atoms with van der Waals surface area (Å²) in [4.78, 5) is 6.96. The van der Waals surface area contributed by atoms with Gasteiger partial charge >= 0.3 is 0 Å². The van der Waals surface area contributed by atoms with Crippen LogP contribution < -0.4 is 10.6 Å². The number of likely N-dealkylation sites (tertiary alicyclic amines) is 1. The topological polar surface area (TPSA) is 58.1 Å². The van der Waals surface area contributed by atoms with E-state index in [2.05, 4.69) is 50.9 Å². The van der Waals surface area contributed by atoms with Gasteiger partial charge in [0.1, 0.15) is 0 Å². The lowest BCUT2D eigenvalue weighted by atomic mass is 9.94. The maximum atomic E-state index is 5.81. The molecule has 0 aromatic heterocycles. The fourth-order valence-electron chi connectivity index (χ4n) is 3.99. The quantitative estimate of drug-likeness (QED) is 0.356. The second-order valence-electron chi connectivity index (χ2n) is 7.63. The number of aliphatic imine (C=N–C) groups is 1. The molecule has 28 heavy (non-hydrogen) atoms. The maximum absolute atomic E-state index is 5.81. The molecular weight excluding hydrogens is 467 g/mol. The first-order chi connectivity index (χ1) is 13.2. The van der Waals surface area contributed by atoms with E-state index < -0.39 is 0 Å². The van der Waals surface area contributed by atoms with E-state index in [9.17, 15) is 0 Å². The summed E-state index contributed by atoms with van der Waals surface area (Å²) in [5.41, 5.74) is 1.23. The standard InChI is InChI=1S/C21H34N4O2.HI/c1-22-20(23-17-21(26-2)10-13-27-14-11-21)24-19-9-6-12-25(16-19)15-18-7-4-3-5-8-18;/h3-5,7-8,19H,6,9-17H2,1-2H3,(H2,22,23,24);1H. The van der Waals surface area contributed by atoms with Crippen molar-refractivity contribution in [3.05, 3.63) is 35.9 Å². The molecule has 6 nitrogen and oxygen atoms in total. The third kappa shape index (κ3) is 6.86. The Labute approximate surface area is 186 Å². The van der Waals surface area contributed by atoms with Crippen LogP contribution >= 0.6 is 24.0 Å². The molecule has 2 N–H and O–H groups in total. The summed E-state index contributed by atoms with van der Waals surface area (Å²) in [5.74, 6) is 0.865. The number of methoxy groups -OCH3 is 1. The lowest BCUT2D eigenvalue weighted by Crippen LogP contribution is -2.54. The van der Waals surface area contributed by atoms with E-state index in [1.54, 1.807) is 7.11 Å². The molecule has 0 amide bonds. The molecule has 7 heteroatoms. The molecule has 0 radical (unpaired) electrons. The first kappa shape index (κ1) is 23.4. The molecule has 1 aromatic carbocycles. The molecule has 0 aliphatic carbocycles. The Balaban J connectivity index is 0.00000280. The van der Waals surface area contributed by atoms with Gasteiger partial charge in [0.05, 0.1) is 5.60 Å². The maximum Gasteiger partial charge on any atom is 0.191 e. The molecular formula is C21H35IN4O2. The van der Waals surface area contributed by atoms with Crippen molar-refractivity contribution in [3.8, 4) is 0 Å². The van der Waals surface area contributed by atoms with Crippen LogP contribution in [0.1, 0.15) is 31.2 Å². The Kier molecular flexibility index (Phi) is 9.98. The highest BCUT2D eigenvalue weighted by Gasteiger charge is 2.32. The van der Waals surface area contributed by atoms with Crippen LogP contribution in [0.2, 0.25) is 0 Å². The number of nitrogens with zero attached hydrogens (tertiary/aromatic N) is 2. The van der Waals surface area contributed by atoms with Gasteiger partial charge in [-0.05, 0) is 24.9 Å². The van der Waals surface area contributed by atoms with E-state index in [1.165, 1.54) is 18.4 Å². The van der Waals surface area contributed by atoms with Crippen LogP contribution in [0.3, 0.4) is 0 Å². The van der Waals surface area contributed by atoms with Crippen LogP contribution in [0, 0.1) is 0 Å². The van der Waals surface area contributed by atoms with Crippen molar-refractivity contribution in [1.29, 1.82) is 0 Å². The van der Waals surface area contributed by atoms with Gasteiger partial charge in [0.15, 0.2) is 5.96 Å². The SMILES string of the molecule is CN=C(NCC1(OC)CCOCC1)NC1CCCN(Cc2ccccc2)C1.I. The number of hydrogen-bond acceptors (Lipinski definition) is 4. The fourth-order valence-corrected chi connectivity index (χ4v) is 3.99. The van der Waals surface area contributed by atoms with Crippen LogP contribution in [0.25, 0.3) is 0 Å². The smallest absolute Gasteiger partial charge is 0.191 e. The van der Waals surface area contributed by atoms with Gasteiger partial charge in [-0.2, -0.15) is 0 Å². The van der Waals surface area contributed by atoms with Gasteiger partial charge in [-0.25, -0.2) is 0 Å². The molecule has 2 aliphatic heterocycles. The van der Waals surface area contributed by atoms with E-state index in [0.717, 1.165) is 58.2 Å². The van der Waals surface area contributed by atoms with Gasteiger partial charge in [0, 0.05) is 65.9 Å². The number of guanidine groups is 1. The van der Waals surface area contributed by atoms with E-state index >= 15 is 0 Å². The molecule has 1 atom stereocenters. The Morgan fingerprint density at radius 3 is 2.71 bits per heavy atom. The number of benzene rings is 1. The van der Waals surface area contributed by atoms with Crippen molar-refractivity contribution in [2.24, 2.45) is 4.99 Å². The fraction of sp³-hybridized carbons (Fsp3) is 0.667. The van der Waals surface area contributed by atoms with Gasteiger partial charge in [-0.15, -0.1) is 24.0 Å². The van der Waals surface area contributed by atoms with Gasteiger partial charge in [0.25, 0.3) is 0 Å². The second kappa shape index (κ2) is 11.9. The summed E-state index contributed by atoms with van der Waals surface area (Å²) in [5, 5.41) is 7.10. The summed E-state index contributed by atoms with van der Waals surface area (Å²) in [6, 6.07) is 11.1. The normalized spacial score (nSPS) is 22.9. The third-order valence-electron chi connectivity index (χ3n) is 5.73. The molecule has 2 aliphatic rings. The molecule has 3 rings (SSSR count). The van der Waals surface area contributed by atoms with Gasteiger partial charge in [0.2, 0.25) is 0 Å². The number of ether oxygens (including phenoxy) is 2. The van der Waals surface area contributed by atoms with Crippen LogP contribution in [0.15, 0.2) is 35.3 Å². The molecule has 2 heterocycles. The van der Waals surface area contributed by atoms with Crippen LogP contribution in [-0.4, -0.2) is 69.5 Å². The Morgan fingerprint density at radius 2 is 2.04 bits per heavy atom. The van der Waals surface area contributed by atoms with Crippen molar-refractivity contribution < 1.29 is 9.47 Å². The monoisotopic (exact) mass is 502 g/mol. The van der Waals surface area contributed by atoms with Gasteiger partial charge < -0.3 is 20.1 Å². The highest BCUT2D eigenvalue weighted by molar-refractivity contribution is 14.0. The highest BCUT2D eigenvalue weighted by Crippen LogP contribution is 2.23. The summed E-state index contributed by atoms with van der Waals surface area (Å²) < 4.78 is 11.3. The molecule has 0 bridgehead atoms. The average molecular weight is 502 g/mol. The largest absolute Gasteiger partial charge is 0.381 e. The molecule has 158 valence electrons. The zero-order valence-corrected chi connectivity index (χ0v) is 19.5. The first-order valence-corrected chi connectivity index (χ1v) is 10.1. The highest BCUT2D eigenvalue weighted by atomic mass is 127. The van der Waals surface area contributed by atoms with Gasteiger partial charge in [-0.3, -0.25) is 9.89 Å². The number of piperidine rings is 1. The van der Waals surface area contributed by atoms with Crippen LogP contribution in [-0.2, 0) is 16.0 Å². The third-order valence-corrected chi connectivity index (χ3v) is 5.73. The Bertz CT molecular complexity index is 593. The zero-order valence-electron chi connectivity index (χ0n) is 17.2. The lowest BCUT2D eigenvalue weighted by molar-refractivity contribution is -0.0855. The van der Waals surface area contributed by atoms with Gasteiger partial charge in [-0.1, -0.05) is 30.3 Å². The number of rotatable bonds is 6. The average Bonchev–Trinajstić information content (AvgIpc) is 2.73. The number of nitrogens with one attached hydrogen (secondary N) is 2. The summed E-state index contributed by atoms with van der Waals surface area (Å²) >= 11 is 0. The minimum atomic E-state index is -0.151. The van der Waals surface area contributed by atoms with Crippen molar-refractivity contribution in [1.82, 2.24) is 15.5 Å². The molecule has 1 aromatic rings. The minimum absolute atomic E-state index is 0. The molecule has 1 unspecified atom stereocenters. The molecule has 2 saturated heterocycles. The molecule has 0 spiro atoms. The minimum Gasteiger partial charge on any atom is -0.381 e. The van der Waals surface area contributed by atoms with Crippen molar-refractivity contribution >= 4 is 29.9 Å². The van der Waals surface area contributed by atoms with E-state index in [-0.39, 0.29) is 29.6 Å². The van der Waals surface area contributed by atoms with E-state index in [0.29, 0.717) is 6.04 Å². The van der Waals surface area contributed by atoms with Crippen molar-refractivity contribution in [2.75, 3.05) is 47.0 Å². The first-order valence-electron chi connectivity index (χ1n) is 10.1. The lowest BCUT2D eigenvalue weighted by Gasteiger charge is -2.37. The molecule has 0 saturated carbocycles. The predicted molar refractivity (Wildman–Crippen MR) is 124 cm³/mol. The Morgan fingerprint density at radius 1 is 1.29 bits per heavy atom. The van der Waals surface area contributed by atoms with E-state index in [4.69, 9.17) is 9.47 Å². The summed E-state index contributed by atoms with van der Waals surface area (Å²) in [6.07, 6.45) is 4.22. The number of halogens is 1. The van der Waals surface area contributed by atoms with Crippen LogP contribution in [0.5, 0.6) is 0 Å². The zero-order chi connectivity index (χ0) is 19.0. The van der Waals surface area contributed by atoms with E-state index in [1.807, 2.05) is 7.05 Å². The molecule has 2 fully saturated rings. The Hall–Kier alpha value is -0.900. The predicted octanol–water partition coefficient (Wildman–Crippen LogP) is 2.63. The van der Waals surface area contributed by atoms with Crippen molar-refractivity contribution in [3.63, 3.8) is 0 Å². The van der Waals surface area contributed by atoms with Crippen LogP contribution in [0.4, 0.5) is 0 Å². The van der Waals surface area contributed by atoms with Crippen molar-refractivity contribution in [2.45, 2.75) is 43.9 Å². The summed E-state index contributed by atoms with van der Waals surface area (Å²) in [7, 11) is 3.63.